The van der Waals surface area contributed by atoms with Gasteiger partial charge in [0.1, 0.15) is 23.6 Å². The summed E-state index contributed by atoms with van der Waals surface area (Å²) in [7, 11) is 2.13. The molecular formula is C31H39FN6O. The van der Waals surface area contributed by atoms with Crippen LogP contribution in [0.3, 0.4) is 0 Å². The van der Waals surface area contributed by atoms with E-state index in [0.29, 0.717) is 47.1 Å². The molecule has 7 nitrogen and oxygen atoms in total. The highest BCUT2D eigenvalue weighted by atomic mass is 19.1. The van der Waals surface area contributed by atoms with Crippen molar-refractivity contribution in [3.8, 4) is 17.3 Å². The number of rotatable bonds is 5. The highest BCUT2D eigenvalue weighted by Crippen LogP contribution is 2.40. The number of aromatic nitrogens is 3. The molecule has 4 aliphatic rings. The molecular weight excluding hydrogens is 491 g/mol. The predicted molar refractivity (Wildman–Crippen MR) is 152 cm³/mol. The number of nitrogens with one attached hydrogen (secondary N) is 1. The van der Waals surface area contributed by atoms with Crippen LogP contribution in [0.15, 0.2) is 24.4 Å². The Bertz CT molecular complexity index is 1380. The summed E-state index contributed by atoms with van der Waals surface area (Å²) in [6.07, 6.45) is 9.66. The van der Waals surface area contributed by atoms with Gasteiger partial charge in [0.05, 0.1) is 5.39 Å². The predicted octanol–water partition coefficient (Wildman–Crippen LogP) is 4.93. The van der Waals surface area contributed by atoms with E-state index >= 15 is 4.39 Å². The van der Waals surface area contributed by atoms with Crippen LogP contribution in [0.1, 0.15) is 62.5 Å². The van der Waals surface area contributed by atoms with Gasteiger partial charge < -0.3 is 19.9 Å². The number of halogens is 1. The third kappa shape index (κ3) is 4.65. The number of ether oxygens (including phenoxy) is 1. The Kier molecular flexibility index (Phi) is 6.63. The van der Waals surface area contributed by atoms with E-state index < -0.39 is 0 Å². The first kappa shape index (κ1) is 25.1. The number of hydrogen-bond acceptors (Lipinski definition) is 7. The molecule has 206 valence electrons. The lowest BCUT2D eigenvalue weighted by Crippen LogP contribution is -2.39. The third-order valence-electron chi connectivity index (χ3n) is 9.61. The second-order valence-corrected chi connectivity index (χ2v) is 12.2. The van der Waals surface area contributed by atoms with E-state index in [9.17, 15) is 0 Å². The van der Waals surface area contributed by atoms with Gasteiger partial charge in [0.25, 0.3) is 0 Å². The molecule has 1 aromatic carbocycles. The molecule has 0 saturated carbocycles. The summed E-state index contributed by atoms with van der Waals surface area (Å²) in [6, 6.07) is 7.26. The fraction of sp³-hybridized carbons (Fsp3) is 0.581. The third-order valence-corrected chi connectivity index (χ3v) is 9.61. The molecule has 3 aliphatic heterocycles. The van der Waals surface area contributed by atoms with Gasteiger partial charge in [-0.05, 0) is 88.0 Å². The van der Waals surface area contributed by atoms with Crippen LogP contribution in [0.25, 0.3) is 22.2 Å². The van der Waals surface area contributed by atoms with Gasteiger partial charge in [-0.25, -0.2) is 4.39 Å². The molecule has 1 aliphatic carbocycles. The van der Waals surface area contributed by atoms with Crippen LogP contribution in [0.5, 0.6) is 6.01 Å². The monoisotopic (exact) mass is 530 g/mol. The van der Waals surface area contributed by atoms with Crippen LogP contribution in [0.4, 0.5) is 10.2 Å². The maximum Gasteiger partial charge on any atom is 0.319 e. The summed E-state index contributed by atoms with van der Waals surface area (Å²) in [5.41, 5.74) is 4.14. The van der Waals surface area contributed by atoms with Crippen LogP contribution >= 0.6 is 0 Å². The molecule has 3 fully saturated rings. The van der Waals surface area contributed by atoms with E-state index in [-0.39, 0.29) is 11.8 Å². The normalized spacial score (nSPS) is 27.1. The van der Waals surface area contributed by atoms with E-state index in [1.165, 1.54) is 30.4 Å². The molecule has 2 bridgehead atoms. The molecule has 0 spiro atoms. The van der Waals surface area contributed by atoms with Crippen molar-refractivity contribution in [2.45, 2.75) is 69.9 Å². The zero-order valence-corrected chi connectivity index (χ0v) is 23.1. The fourth-order valence-corrected chi connectivity index (χ4v) is 7.39. The maximum atomic E-state index is 16.6. The van der Waals surface area contributed by atoms with Crippen molar-refractivity contribution in [2.24, 2.45) is 5.92 Å². The minimum atomic E-state index is -0.375. The molecule has 3 saturated heterocycles. The number of aryl methyl sites for hydroxylation is 1. The standard InChI is InChI=1S/C31H39FN6O/c1-19-6-3-7-21-8-4-10-24(26(19)21)28-27(32)29-25(16-34-28)30(38-13-11-20-14-22(17-38)33-15-20)36-31(35-29)39-18-23-9-5-12-37(23)2/h4,8,10,16,19-20,22-23,33H,3,5-7,9,11-15,17-18H2,1-2H3/t19?,20?,22?,23-/m0/s1. The highest BCUT2D eigenvalue weighted by molar-refractivity contribution is 5.92. The van der Waals surface area contributed by atoms with Crippen molar-refractivity contribution in [1.29, 1.82) is 0 Å². The number of hydrogen-bond donors (Lipinski definition) is 1. The van der Waals surface area contributed by atoms with Gasteiger partial charge in [0, 0.05) is 36.9 Å². The van der Waals surface area contributed by atoms with Crippen molar-refractivity contribution < 1.29 is 9.13 Å². The van der Waals surface area contributed by atoms with Gasteiger partial charge in [0.15, 0.2) is 5.82 Å². The van der Waals surface area contributed by atoms with Crippen molar-refractivity contribution in [2.75, 3.05) is 44.7 Å². The van der Waals surface area contributed by atoms with Crippen LogP contribution in [-0.4, -0.2) is 71.8 Å². The fourth-order valence-electron chi connectivity index (χ4n) is 7.39. The van der Waals surface area contributed by atoms with E-state index in [2.05, 4.69) is 35.2 Å². The molecule has 4 atom stereocenters. The van der Waals surface area contributed by atoms with Crippen molar-refractivity contribution >= 4 is 16.7 Å². The zero-order chi connectivity index (χ0) is 26.5. The Morgan fingerprint density at radius 3 is 2.92 bits per heavy atom. The summed E-state index contributed by atoms with van der Waals surface area (Å²) in [6.45, 7) is 6.66. The van der Waals surface area contributed by atoms with Crippen LogP contribution in [0, 0.1) is 11.7 Å². The maximum absolute atomic E-state index is 16.6. The van der Waals surface area contributed by atoms with Crippen molar-refractivity contribution in [1.82, 2.24) is 25.2 Å². The topological polar surface area (TPSA) is 66.4 Å². The Morgan fingerprint density at radius 2 is 2.05 bits per heavy atom. The number of pyridine rings is 1. The summed E-state index contributed by atoms with van der Waals surface area (Å²) >= 11 is 0. The quantitative estimate of drug-likeness (QED) is 0.502. The van der Waals surface area contributed by atoms with Crippen LogP contribution < -0.4 is 15.0 Å². The average Bonchev–Trinajstić information content (AvgIpc) is 3.51. The van der Waals surface area contributed by atoms with Crippen LogP contribution in [0.2, 0.25) is 0 Å². The lowest BCUT2D eigenvalue weighted by Gasteiger charge is -2.28. The van der Waals surface area contributed by atoms with Gasteiger partial charge in [-0.2, -0.15) is 9.97 Å². The molecule has 3 aromatic rings. The molecule has 0 amide bonds. The van der Waals surface area contributed by atoms with Gasteiger partial charge in [-0.15, -0.1) is 0 Å². The number of fused-ring (bicyclic) bond motifs is 4. The SMILES string of the molecule is CC1CCCc2cccc(-c3ncc4c(N5CCC6CNC(C6)C5)nc(OC[C@@H]5CCCN5C)nc4c3F)c21. The Hall–Kier alpha value is -2.84. The van der Waals surface area contributed by atoms with E-state index in [0.717, 1.165) is 63.2 Å². The summed E-state index contributed by atoms with van der Waals surface area (Å²) in [4.78, 5) is 19.0. The Morgan fingerprint density at radius 1 is 1.13 bits per heavy atom. The molecule has 3 unspecified atom stereocenters. The number of benzene rings is 1. The minimum absolute atomic E-state index is 0.264. The number of likely N-dealkylation sites (N-methyl/N-ethyl adjacent to an activating group) is 1. The van der Waals surface area contributed by atoms with Crippen molar-refractivity contribution in [3.05, 3.63) is 41.3 Å². The number of likely N-dealkylation sites (tertiary alicyclic amines) is 1. The Balaban J connectivity index is 1.32. The van der Waals surface area contributed by atoms with Gasteiger partial charge in [-0.3, -0.25) is 4.98 Å². The van der Waals surface area contributed by atoms with Crippen molar-refractivity contribution in [3.63, 3.8) is 0 Å². The second-order valence-electron chi connectivity index (χ2n) is 12.2. The molecule has 39 heavy (non-hydrogen) atoms. The van der Waals surface area contributed by atoms with E-state index in [1.807, 2.05) is 12.1 Å². The number of nitrogens with zero attached hydrogens (tertiary/aromatic N) is 5. The summed E-state index contributed by atoms with van der Waals surface area (Å²) < 4.78 is 22.8. The zero-order valence-electron chi connectivity index (χ0n) is 23.1. The first-order chi connectivity index (χ1) is 19.0. The molecule has 7 rings (SSSR count). The first-order valence-corrected chi connectivity index (χ1v) is 14.8. The van der Waals surface area contributed by atoms with E-state index in [4.69, 9.17) is 19.7 Å². The molecule has 1 N–H and O–H groups in total. The number of anilines is 1. The first-order valence-electron chi connectivity index (χ1n) is 14.8. The van der Waals surface area contributed by atoms with Gasteiger partial charge in [0.2, 0.25) is 0 Å². The lowest BCUT2D eigenvalue weighted by atomic mass is 9.80. The smallest absolute Gasteiger partial charge is 0.319 e. The van der Waals surface area contributed by atoms with Gasteiger partial charge >= 0.3 is 6.01 Å². The summed E-state index contributed by atoms with van der Waals surface area (Å²) in [5.74, 6) is 1.43. The molecule has 0 radical (unpaired) electrons. The second kappa shape index (κ2) is 10.3. The largest absolute Gasteiger partial charge is 0.462 e. The average molecular weight is 531 g/mol. The summed E-state index contributed by atoms with van der Waals surface area (Å²) in [5, 5.41) is 4.32. The lowest BCUT2D eigenvalue weighted by molar-refractivity contribution is 0.188. The minimum Gasteiger partial charge on any atom is -0.462 e. The highest BCUT2D eigenvalue weighted by Gasteiger charge is 2.32. The van der Waals surface area contributed by atoms with Gasteiger partial charge in [-0.1, -0.05) is 25.1 Å². The van der Waals surface area contributed by atoms with Crippen LogP contribution in [-0.2, 0) is 6.42 Å². The molecule has 2 aromatic heterocycles. The Labute approximate surface area is 230 Å². The molecule has 8 heteroatoms. The van der Waals surface area contributed by atoms with E-state index in [1.54, 1.807) is 6.20 Å². The molecule has 5 heterocycles.